The third-order valence-corrected chi connectivity index (χ3v) is 3.85. The summed E-state index contributed by atoms with van der Waals surface area (Å²) in [5, 5.41) is 8.98. The Morgan fingerprint density at radius 3 is 2.90 bits per heavy atom. The van der Waals surface area contributed by atoms with Gasteiger partial charge in [0.15, 0.2) is 0 Å². The van der Waals surface area contributed by atoms with E-state index in [-0.39, 0.29) is 12.5 Å². The largest absolute Gasteiger partial charge is 0.481 e. The van der Waals surface area contributed by atoms with Crippen LogP contribution in [0.2, 0.25) is 0 Å². The zero-order chi connectivity index (χ0) is 14.7. The number of anilines is 1. The van der Waals surface area contributed by atoms with Crippen molar-refractivity contribution in [2.75, 3.05) is 24.7 Å². The molecule has 1 atom stereocenters. The number of amides is 1. The van der Waals surface area contributed by atoms with Gasteiger partial charge in [-0.2, -0.15) is 0 Å². The van der Waals surface area contributed by atoms with Gasteiger partial charge < -0.3 is 20.5 Å². The number of ether oxygens (including phenoxy) is 1. The van der Waals surface area contributed by atoms with Gasteiger partial charge >= 0.3 is 5.97 Å². The van der Waals surface area contributed by atoms with Crippen molar-refractivity contribution in [1.82, 2.24) is 0 Å². The topological polar surface area (TPSA) is 92.9 Å². The van der Waals surface area contributed by atoms with Gasteiger partial charge in [0.2, 0.25) is 0 Å². The summed E-state index contributed by atoms with van der Waals surface area (Å²) < 4.78 is 5.93. The smallest absolute Gasteiger partial charge is 0.305 e. The Kier molecular flexibility index (Phi) is 4.61. The molecular weight excluding hydrogens is 328 g/mol. The molecule has 1 aliphatic rings. The summed E-state index contributed by atoms with van der Waals surface area (Å²) >= 11 is 3.31. The highest BCUT2D eigenvalue weighted by Crippen LogP contribution is 2.30. The van der Waals surface area contributed by atoms with Gasteiger partial charge in [-0.05, 0) is 28.1 Å². The van der Waals surface area contributed by atoms with Crippen LogP contribution in [0.5, 0.6) is 0 Å². The monoisotopic (exact) mass is 342 g/mol. The molecule has 0 bridgehead atoms. The second-order valence-electron chi connectivity index (χ2n) is 4.52. The molecule has 0 aliphatic carbocycles. The van der Waals surface area contributed by atoms with Gasteiger partial charge in [0.1, 0.15) is 0 Å². The number of nitrogens with zero attached hydrogens (tertiary/aromatic N) is 1. The van der Waals surface area contributed by atoms with Gasteiger partial charge in [0, 0.05) is 11.0 Å². The molecular formula is C13H15BrN2O4. The van der Waals surface area contributed by atoms with E-state index in [2.05, 4.69) is 15.9 Å². The first-order valence-corrected chi connectivity index (χ1v) is 6.94. The van der Waals surface area contributed by atoms with Crippen molar-refractivity contribution in [3.05, 3.63) is 28.2 Å². The fourth-order valence-corrected chi connectivity index (χ4v) is 2.89. The quantitative estimate of drug-likeness (QED) is 0.858. The van der Waals surface area contributed by atoms with Crippen LogP contribution in [0, 0.1) is 0 Å². The molecule has 2 rings (SSSR count). The van der Waals surface area contributed by atoms with Crippen LogP contribution in [0.25, 0.3) is 0 Å². The Morgan fingerprint density at radius 2 is 2.25 bits per heavy atom. The minimum atomic E-state index is -0.902. The molecule has 0 radical (unpaired) electrons. The molecule has 1 amide bonds. The Balaban J connectivity index is 2.39. The Hall–Kier alpha value is -1.60. The summed E-state index contributed by atoms with van der Waals surface area (Å²) in [7, 11) is 0. The first kappa shape index (κ1) is 14.8. The van der Waals surface area contributed by atoms with Gasteiger partial charge in [-0.3, -0.25) is 9.59 Å². The number of carboxylic acids is 1. The molecule has 3 N–H and O–H groups in total. The van der Waals surface area contributed by atoms with Crippen LogP contribution < -0.4 is 10.6 Å². The number of carbonyl (C=O) groups is 2. The van der Waals surface area contributed by atoms with E-state index in [9.17, 15) is 9.59 Å². The second kappa shape index (κ2) is 6.23. The number of hydrogen-bond acceptors (Lipinski definition) is 4. The number of hydrogen-bond donors (Lipinski definition) is 2. The minimum Gasteiger partial charge on any atom is -0.481 e. The lowest BCUT2D eigenvalue weighted by Crippen LogP contribution is -2.47. The molecule has 1 aromatic carbocycles. The lowest BCUT2D eigenvalue weighted by atomic mass is 10.1. The number of nitrogens with two attached hydrogens (primary N) is 1. The van der Waals surface area contributed by atoms with Crippen molar-refractivity contribution >= 4 is 33.5 Å². The van der Waals surface area contributed by atoms with E-state index >= 15 is 0 Å². The van der Waals surface area contributed by atoms with Crippen LogP contribution in [0.15, 0.2) is 22.7 Å². The van der Waals surface area contributed by atoms with E-state index in [4.69, 9.17) is 15.6 Å². The lowest BCUT2D eigenvalue weighted by Gasteiger charge is -2.37. The highest BCUT2D eigenvalue weighted by molar-refractivity contribution is 9.10. The first-order valence-electron chi connectivity index (χ1n) is 6.15. The van der Waals surface area contributed by atoms with Gasteiger partial charge in [-0.15, -0.1) is 0 Å². The van der Waals surface area contributed by atoms with E-state index in [1.54, 1.807) is 18.2 Å². The summed E-state index contributed by atoms with van der Waals surface area (Å²) in [5.41, 5.74) is 6.43. The summed E-state index contributed by atoms with van der Waals surface area (Å²) in [4.78, 5) is 24.5. The summed E-state index contributed by atoms with van der Waals surface area (Å²) in [6.07, 6.45) is -0.0509. The Bertz CT molecular complexity index is 535. The molecule has 0 aromatic heterocycles. The van der Waals surface area contributed by atoms with Gasteiger partial charge in [0.05, 0.1) is 36.9 Å². The highest BCUT2D eigenvalue weighted by atomic mass is 79.9. The molecule has 20 heavy (non-hydrogen) atoms. The summed E-state index contributed by atoms with van der Waals surface area (Å²) in [6.45, 7) is 1.33. The second-order valence-corrected chi connectivity index (χ2v) is 5.37. The fourth-order valence-electron chi connectivity index (χ4n) is 2.34. The number of carbonyl (C=O) groups excluding carboxylic acids is 1. The standard InChI is InChI=1S/C13H15BrN2O4/c14-9-2-1-3-10(12(9)13(15)19)16-4-5-20-7-8(16)6-11(17)18/h1-3,8H,4-7H2,(H2,15,19)(H,17,18). The summed E-state index contributed by atoms with van der Waals surface area (Å²) in [6, 6.07) is 4.98. The van der Waals surface area contributed by atoms with E-state index in [0.29, 0.717) is 35.5 Å². The molecule has 1 aromatic rings. The minimum absolute atomic E-state index is 0.0509. The average molecular weight is 343 g/mol. The molecule has 1 heterocycles. The van der Waals surface area contributed by atoms with Crippen LogP contribution in [0.1, 0.15) is 16.8 Å². The Labute approximate surface area is 124 Å². The third-order valence-electron chi connectivity index (χ3n) is 3.19. The van der Waals surface area contributed by atoms with Crippen molar-refractivity contribution in [2.45, 2.75) is 12.5 Å². The molecule has 1 aliphatic heterocycles. The first-order chi connectivity index (χ1) is 9.50. The molecule has 0 saturated carbocycles. The van der Waals surface area contributed by atoms with Crippen LogP contribution in [0.4, 0.5) is 5.69 Å². The zero-order valence-electron chi connectivity index (χ0n) is 10.7. The van der Waals surface area contributed by atoms with Crippen molar-refractivity contribution in [3.8, 4) is 0 Å². The molecule has 1 saturated heterocycles. The number of morpholine rings is 1. The van der Waals surface area contributed by atoms with Gasteiger partial charge in [-0.1, -0.05) is 6.07 Å². The predicted molar refractivity (Wildman–Crippen MR) is 76.9 cm³/mol. The third kappa shape index (κ3) is 3.10. The molecule has 1 fully saturated rings. The van der Waals surface area contributed by atoms with Crippen molar-refractivity contribution in [3.63, 3.8) is 0 Å². The molecule has 1 unspecified atom stereocenters. The average Bonchev–Trinajstić information content (AvgIpc) is 2.38. The molecule has 6 nitrogen and oxygen atoms in total. The predicted octanol–water partition coefficient (Wildman–Crippen LogP) is 1.23. The summed E-state index contributed by atoms with van der Waals surface area (Å²) in [5.74, 6) is -1.45. The number of halogens is 1. The van der Waals surface area contributed by atoms with E-state index in [0.717, 1.165) is 0 Å². The van der Waals surface area contributed by atoms with Crippen LogP contribution >= 0.6 is 15.9 Å². The van der Waals surface area contributed by atoms with Crippen molar-refractivity contribution < 1.29 is 19.4 Å². The SMILES string of the molecule is NC(=O)c1c(Br)cccc1N1CCOCC1CC(=O)O. The molecule has 0 spiro atoms. The van der Waals surface area contributed by atoms with E-state index in [1.165, 1.54) is 0 Å². The normalized spacial score (nSPS) is 18.9. The van der Waals surface area contributed by atoms with Crippen LogP contribution in [-0.4, -0.2) is 42.8 Å². The molecule has 7 heteroatoms. The number of primary amides is 1. The van der Waals surface area contributed by atoms with E-state index < -0.39 is 11.9 Å². The lowest BCUT2D eigenvalue weighted by molar-refractivity contribution is -0.138. The zero-order valence-corrected chi connectivity index (χ0v) is 12.3. The van der Waals surface area contributed by atoms with Gasteiger partial charge in [0.25, 0.3) is 5.91 Å². The maximum absolute atomic E-state index is 11.6. The van der Waals surface area contributed by atoms with E-state index in [1.807, 2.05) is 4.90 Å². The fraction of sp³-hybridized carbons (Fsp3) is 0.385. The van der Waals surface area contributed by atoms with Crippen molar-refractivity contribution in [2.24, 2.45) is 5.73 Å². The maximum atomic E-state index is 11.6. The number of aliphatic carboxylic acids is 1. The van der Waals surface area contributed by atoms with Crippen molar-refractivity contribution in [1.29, 1.82) is 0 Å². The number of benzene rings is 1. The van der Waals surface area contributed by atoms with Gasteiger partial charge in [-0.25, -0.2) is 0 Å². The van der Waals surface area contributed by atoms with Crippen LogP contribution in [-0.2, 0) is 9.53 Å². The van der Waals surface area contributed by atoms with Crippen LogP contribution in [0.3, 0.4) is 0 Å². The number of carboxylic acid groups (broad SMARTS) is 1. The molecule has 108 valence electrons. The Morgan fingerprint density at radius 1 is 1.50 bits per heavy atom. The highest BCUT2D eigenvalue weighted by Gasteiger charge is 2.28. The number of rotatable bonds is 4. The maximum Gasteiger partial charge on any atom is 0.305 e.